The molecule has 0 spiro atoms. The first-order valence-corrected chi connectivity index (χ1v) is 4.88. The van der Waals surface area contributed by atoms with E-state index < -0.39 is 11.3 Å². The van der Waals surface area contributed by atoms with Gasteiger partial charge in [0.15, 0.2) is 0 Å². The van der Waals surface area contributed by atoms with Crippen LogP contribution in [-0.4, -0.2) is 8.76 Å². The van der Waals surface area contributed by atoms with Crippen molar-refractivity contribution >= 4 is 17.0 Å². The average molecular weight is 199 g/mol. The van der Waals surface area contributed by atoms with Crippen LogP contribution in [0.5, 0.6) is 0 Å². The number of nitrogens with one attached hydrogen (secondary N) is 1. The maximum absolute atomic E-state index is 10.3. The number of benzene rings is 1. The van der Waals surface area contributed by atoms with Crippen molar-refractivity contribution in [3.63, 3.8) is 0 Å². The Morgan fingerprint density at radius 3 is 2.38 bits per heavy atom. The molecule has 2 unspecified atom stereocenters. The lowest BCUT2D eigenvalue weighted by Crippen LogP contribution is -2.06. The Balaban J connectivity index is 2.75. The lowest BCUT2D eigenvalue weighted by atomic mass is 10.1. The molecule has 5 heteroatoms. The van der Waals surface area contributed by atoms with Gasteiger partial charge in [0.2, 0.25) is 0 Å². The van der Waals surface area contributed by atoms with E-state index in [9.17, 15) is 8.76 Å². The third-order valence-electron chi connectivity index (χ3n) is 1.64. The molecule has 72 valence electrons. The summed E-state index contributed by atoms with van der Waals surface area (Å²) >= 11 is -2.27. The molecule has 0 fully saturated rings. The van der Waals surface area contributed by atoms with Crippen LogP contribution in [0.2, 0.25) is 0 Å². The molecule has 2 atom stereocenters. The summed E-state index contributed by atoms with van der Waals surface area (Å²) in [6.07, 6.45) is 0. The Kier molecular flexibility index (Phi) is 3.41. The Hall–Kier alpha value is -0.910. The molecule has 0 aliphatic carbocycles. The van der Waals surface area contributed by atoms with Gasteiger partial charge in [-0.05, 0) is 24.6 Å². The van der Waals surface area contributed by atoms with Gasteiger partial charge in [0.1, 0.15) is 0 Å². The molecule has 3 N–H and O–H groups in total. The fourth-order valence-electron chi connectivity index (χ4n) is 0.951. The monoisotopic (exact) mass is 199 g/mol. The van der Waals surface area contributed by atoms with Crippen molar-refractivity contribution in [3.05, 3.63) is 29.8 Å². The molecule has 0 saturated heterocycles. The summed E-state index contributed by atoms with van der Waals surface area (Å²) in [6.45, 7) is 1.87. The zero-order valence-corrected chi connectivity index (χ0v) is 8.01. The minimum Gasteiger partial charge on any atom is -0.755 e. The van der Waals surface area contributed by atoms with Gasteiger partial charge < -0.3 is 15.0 Å². The van der Waals surface area contributed by atoms with Crippen molar-refractivity contribution in [1.29, 1.82) is 0 Å². The molecule has 13 heavy (non-hydrogen) atoms. The fraction of sp³-hybridized carbons (Fsp3) is 0.250. The molecule has 0 amide bonds. The van der Waals surface area contributed by atoms with Gasteiger partial charge in [-0.25, -0.2) is 0 Å². The van der Waals surface area contributed by atoms with Gasteiger partial charge in [0, 0.05) is 23.0 Å². The lowest BCUT2D eigenvalue weighted by molar-refractivity contribution is 0.542. The van der Waals surface area contributed by atoms with Crippen molar-refractivity contribution in [3.8, 4) is 0 Å². The molecular formula is C8H11N2O2S-. The van der Waals surface area contributed by atoms with Crippen LogP contribution in [0.25, 0.3) is 0 Å². The van der Waals surface area contributed by atoms with Crippen LogP contribution in [0.3, 0.4) is 0 Å². The highest BCUT2D eigenvalue weighted by atomic mass is 32.2. The van der Waals surface area contributed by atoms with E-state index in [2.05, 4.69) is 4.72 Å². The van der Waals surface area contributed by atoms with E-state index in [1.165, 1.54) is 0 Å². The summed E-state index contributed by atoms with van der Waals surface area (Å²) in [5.74, 6) is 0. The molecule has 0 aromatic heterocycles. The second-order valence-electron chi connectivity index (χ2n) is 2.75. The molecule has 4 nitrogen and oxygen atoms in total. The van der Waals surface area contributed by atoms with Gasteiger partial charge in [-0.2, -0.15) is 0 Å². The Labute approximate surface area is 79.6 Å². The minimum atomic E-state index is -2.27. The van der Waals surface area contributed by atoms with Crippen LogP contribution in [0.4, 0.5) is 5.69 Å². The van der Waals surface area contributed by atoms with Crippen LogP contribution in [0, 0.1) is 0 Å². The van der Waals surface area contributed by atoms with Crippen molar-refractivity contribution in [1.82, 2.24) is 0 Å². The quantitative estimate of drug-likeness (QED) is 0.710. The molecule has 1 aromatic carbocycles. The molecule has 0 saturated carbocycles. The SMILES string of the molecule is CC(N)c1ccc(NS(=O)[O-])cc1. The first-order chi connectivity index (χ1) is 6.09. The molecule has 0 aliphatic heterocycles. The smallest absolute Gasteiger partial charge is 0.0452 e. The van der Waals surface area contributed by atoms with Gasteiger partial charge in [-0.15, -0.1) is 0 Å². The van der Waals surface area contributed by atoms with Gasteiger partial charge in [-0.1, -0.05) is 12.1 Å². The predicted molar refractivity (Wildman–Crippen MR) is 51.6 cm³/mol. The summed E-state index contributed by atoms with van der Waals surface area (Å²) in [4.78, 5) is 0. The minimum absolute atomic E-state index is 0.0354. The summed E-state index contributed by atoms with van der Waals surface area (Å²) < 4.78 is 22.8. The Morgan fingerprint density at radius 2 is 2.00 bits per heavy atom. The zero-order chi connectivity index (χ0) is 9.84. The van der Waals surface area contributed by atoms with E-state index in [-0.39, 0.29) is 6.04 Å². The fourth-order valence-corrected chi connectivity index (χ4v) is 1.28. The van der Waals surface area contributed by atoms with Gasteiger partial charge in [-0.3, -0.25) is 4.21 Å². The van der Waals surface area contributed by atoms with Crippen molar-refractivity contribution in [2.75, 3.05) is 4.72 Å². The molecule has 0 bridgehead atoms. The van der Waals surface area contributed by atoms with E-state index in [1.54, 1.807) is 24.3 Å². The molecule has 0 aliphatic rings. The topological polar surface area (TPSA) is 78.2 Å². The number of rotatable bonds is 3. The predicted octanol–water partition coefficient (Wildman–Crippen LogP) is 0.912. The summed E-state index contributed by atoms with van der Waals surface area (Å²) in [5.41, 5.74) is 7.14. The highest BCUT2D eigenvalue weighted by molar-refractivity contribution is 7.80. The van der Waals surface area contributed by atoms with Crippen molar-refractivity contribution < 1.29 is 8.76 Å². The molecule has 1 rings (SSSR count). The van der Waals surface area contributed by atoms with Gasteiger partial charge >= 0.3 is 0 Å². The normalized spacial score (nSPS) is 15.0. The third kappa shape index (κ3) is 3.14. The number of hydrogen-bond acceptors (Lipinski definition) is 3. The van der Waals surface area contributed by atoms with Crippen molar-refractivity contribution in [2.45, 2.75) is 13.0 Å². The van der Waals surface area contributed by atoms with Crippen LogP contribution in [0.15, 0.2) is 24.3 Å². The second-order valence-corrected chi connectivity index (χ2v) is 3.42. The van der Waals surface area contributed by atoms with Gasteiger partial charge in [0.25, 0.3) is 0 Å². The second kappa shape index (κ2) is 4.36. The van der Waals surface area contributed by atoms with Crippen molar-refractivity contribution in [2.24, 2.45) is 5.73 Å². The molecule has 0 heterocycles. The maximum Gasteiger partial charge on any atom is 0.0452 e. The van der Waals surface area contributed by atoms with E-state index in [1.807, 2.05) is 6.92 Å². The summed E-state index contributed by atoms with van der Waals surface area (Å²) in [7, 11) is 0. The van der Waals surface area contributed by atoms with E-state index >= 15 is 0 Å². The molecule has 1 aromatic rings. The van der Waals surface area contributed by atoms with E-state index in [0.717, 1.165) is 5.56 Å². The summed E-state index contributed by atoms with van der Waals surface area (Å²) in [5, 5.41) is 0. The van der Waals surface area contributed by atoms with Gasteiger partial charge in [0.05, 0.1) is 0 Å². The lowest BCUT2D eigenvalue weighted by Gasteiger charge is -2.10. The number of anilines is 1. The standard InChI is InChI=1S/C8H12N2O2S/c1-6(9)7-2-4-8(5-3-7)10-13(11)12/h2-6,10H,9H2,1H3,(H,11,12)/p-1. The van der Waals surface area contributed by atoms with E-state index in [4.69, 9.17) is 5.73 Å². The number of nitrogens with two attached hydrogens (primary N) is 1. The summed E-state index contributed by atoms with van der Waals surface area (Å²) in [6, 6.07) is 6.90. The Bertz CT molecular complexity index is 298. The van der Waals surface area contributed by atoms with E-state index in [0.29, 0.717) is 5.69 Å². The highest BCUT2D eigenvalue weighted by Gasteiger charge is 1.97. The first kappa shape index (κ1) is 10.2. The van der Waals surface area contributed by atoms with Crippen LogP contribution in [0.1, 0.15) is 18.5 Å². The largest absolute Gasteiger partial charge is 0.755 e. The third-order valence-corrected chi connectivity index (χ3v) is 2.04. The zero-order valence-electron chi connectivity index (χ0n) is 7.19. The van der Waals surface area contributed by atoms with Crippen LogP contribution >= 0.6 is 0 Å². The van der Waals surface area contributed by atoms with Crippen LogP contribution < -0.4 is 10.5 Å². The highest BCUT2D eigenvalue weighted by Crippen LogP contribution is 2.13. The average Bonchev–Trinajstić information content (AvgIpc) is 2.04. The Morgan fingerprint density at radius 1 is 1.46 bits per heavy atom. The number of hydrogen-bond donors (Lipinski definition) is 2. The molecule has 0 radical (unpaired) electrons. The van der Waals surface area contributed by atoms with Crippen LogP contribution in [-0.2, 0) is 11.3 Å². The first-order valence-electron chi connectivity index (χ1n) is 3.81. The maximum atomic E-state index is 10.3. The molecular weight excluding hydrogens is 188 g/mol.